The van der Waals surface area contributed by atoms with Gasteiger partial charge >= 0.3 is 11.9 Å². The summed E-state index contributed by atoms with van der Waals surface area (Å²) in [6, 6.07) is -0.726. The maximum absolute atomic E-state index is 12.7. The standard InChI is InChI=1S/C42H75NO7/c1-6-8-10-12-14-16-18-20-22-24-26-28-30-32-40(44)49-37-38(36-48-35-34-39(42(46)47)43(3,4)5)50-41(45)33-31-29-27-25-23-21-19-17-15-13-11-9-7-2/h8,10,12,14,16,18,38-39H,6-7,9,11,13,15,17,19-37H2,1-5H3/b10-8+,14-12+,18-16+. The highest BCUT2D eigenvalue weighted by Crippen LogP contribution is 2.14. The average Bonchev–Trinajstić information content (AvgIpc) is 3.06. The first-order valence-corrected chi connectivity index (χ1v) is 20.0. The van der Waals surface area contributed by atoms with Crippen LogP contribution in [0, 0.1) is 0 Å². The van der Waals surface area contributed by atoms with Gasteiger partial charge in [-0.2, -0.15) is 0 Å². The Kier molecular flexibility index (Phi) is 32.0. The summed E-state index contributed by atoms with van der Waals surface area (Å²) in [4.78, 5) is 36.7. The van der Waals surface area contributed by atoms with Crippen LogP contribution in [0.25, 0.3) is 0 Å². The van der Waals surface area contributed by atoms with Crippen molar-refractivity contribution in [3.8, 4) is 0 Å². The third kappa shape index (κ3) is 31.5. The highest BCUT2D eigenvalue weighted by atomic mass is 16.6. The Bertz CT molecular complexity index is 922. The number of likely N-dealkylation sites (N-methyl/N-ethyl adjacent to an activating group) is 1. The maximum Gasteiger partial charge on any atom is 0.306 e. The molecule has 0 aromatic carbocycles. The molecule has 50 heavy (non-hydrogen) atoms. The molecule has 0 bridgehead atoms. The van der Waals surface area contributed by atoms with E-state index < -0.39 is 18.1 Å². The van der Waals surface area contributed by atoms with E-state index in [4.69, 9.17) is 14.2 Å². The molecule has 0 aliphatic heterocycles. The number of hydrogen-bond acceptors (Lipinski definition) is 7. The van der Waals surface area contributed by atoms with Crippen LogP contribution >= 0.6 is 0 Å². The van der Waals surface area contributed by atoms with E-state index >= 15 is 0 Å². The zero-order valence-corrected chi connectivity index (χ0v) is 32.8. The quantitative estimate of drug-likeness (QED) is 0.0281. The van der Waals surface area contributed by atoms with Crippen molar-refractivity contribution in [1.29, 1.82) is 0 Å². The van der Waals surface area contributed by atoms with Crippen LogP contribution in [-0.2, 0) is 28.6 Å². The summed E-state index contributed by atoms with van der Waals surface area (Å²) in [5.41, 5.74) is 0. The van der Waals surface area contributed by atoms with E-state index in [1.807, 2.05) is 6.08 Å². The minimum atomic E-state index is -1.13. The maximum atomic E-state index is 12.7. The van der Waals surface area contributed by atoms with Gasteiger partial charge in [0.1, 0.15) is 12.6 Å². The molecule has 0 amide bonds. The molecule has 0 aliphatic rings. The summed E-state index contributed by atoms with van der Waals surface area (Å²) >= 11 is 0. The van der Waals surface area contributed by atoms with E-state index in [0.717, 1.165) is 64.2 Å². The number of carboxylic acids is 1. The predicted octanol–water partition coefficient (Wildman–Crippen LogP) is 8.96. The van der Waals surface area contributed by atoms with Gasteiger partial charge in [0.05, 0.1) is 40.3 Å². The van der Waals surface area contributed by atoms with E-state index in [9.17, 15) is 19.5 Å². The molecule has 8 nitrogen and oxygen atoms in total. The molecular formula is C42H75NO7. The average molecular weight is 706 g/mol. The third-order valence-corrected chi connectivity index (χ3v) is 8.85. The lowest BCUT2D eigenvalue weighted by Gasteiger charge is -2.34. The van der Waals surface area contributed by atoms with Gasteiger partial charge in [-0.3, -0.25) is 9.59 Å². The minimum absolute atomic E-state index is 0.0359. The Morgan fingerprint density at radius 2 is 1.12 bits per heavy atom. The number of unbranched alkanes of at least 4 members (excludes halogenated alkanes) is 17. The first kappa shape index (κ1) is 47.5. The Morgan fingerprint density at radius 1 is 0.620 bits per heavy atom. The van der Waals surface area contributed by atoms with Gasteiger partial charge in [0.25, 0.3) is 0 Å². The molecule has 0 aromatic rings. The normalized spacial score (nSPS) is 13.4. The van der Waals surface area contributed by atoms with E-state index in [0.29, 0.717) is 12.8 Å². The highest BCUT2D eigenvalue weighted by Gasteiger charge is 2.25. The number of carbonyl (C=O) groups is 3. The number of quaternary nitrogens is 1. The molecule has 0 fully saturated rings. The zero-order chi connectivity index (χ0) is 37.1. The van der Waals surface area contributed by atoms with Crippen molar-refractivity contribution in [2.24, 2.45) is 0 Å². The molecule has 0 aliphatic carbocycles. The van der Waals surface area contributed by atoms with Crippen LogP contribution in [0.3, 0.4) is 0 Å². The molecule has 0 saturated heterocycles. The Hall–Kier alpha value is -2.45. The van der Waals surface area contributed by atoms with Crippen LogP contribution < -0.4 is 5.11 Å². The highest BCUT2D eigenvalue weighted by molar-refractivity contribution is 5.70. The number of aliphatic carboxylic acids is 1. The zero-order valence-electron chi connectivity index (χ0n) is 32.8. The van der Waals surface area contributed by atoms with Crippen LogP contribution in [0.2, 0.25) is 0 Å². The van der Waals surface area contributed by atoms with Gasteiger partial charge in [-0.1, -0.05) is 147 Å². The largest absolute Gasteiger partial charge is 0.544 e. The molecule has 290 valence electrons. The van der Waals surface area contributed by atoms with Crippen molar-refractivity contribution in [3.63, 3.8) is 0 Å². The number of carboxylic acid groups (broad SMARTS) is 1. The number of hydrogen-bond donors (Lipinski definition) is 0. The number of esters is 2. The Balaban J connectivity index is 4.42. The summed E-state index contributed by atoms with van der Waals surface area (Å²) in [7, 11) is 5.39. The molecule has 0 spiro atoms. The molecule has 0 radical (unpaired) electrons. The minimum Gasteiger partial charge on any atom is -0.544 e. The second-order valence-electron chi connectivity index (χ2n) is 14.6. The molecule has 2 atom stereocenters. The lowest BCUT2D eigenvalue weighted by Crippen LogP contribution is -2.55. The molecule has 2 unspecified atom stereocenters. The number of rotatable bonds is 35. The number of allylic oxidation sites excluding steroid dienone is 6. The number of ether oxygens (including phenoxy) is 3. The molecular weight excluding hydrogens is 630 g/mol. The SMILES string of the molecule is CC/C=C/C=C/C=C/CCCCCCCC(=O)OCC(COCCC(C(=O)[O-])[N+](C)(C)C)OC(=O)CCCCCCCCCCCCCCC. The van der Waals surface area contributed by atoms with Gasteiger partial charge in [0.15, 0.2) is 6.10 Å². The van der Waals surface area contributed by atoms with Crippen molar-refractivity contribution < 1.29 is 38.2 Å². The van der Waals surface area contributed by atoms with Gasteiger partial charge in [-0.15, -0.1) is 0 Å². The first-order chi connectivity index (χ1) is 24.1. The molecule has 0 N–H and O–H groups in total. The van der Waals surface area contributed by atoms with Gasteiger partial charge in [-0.25, -0.2) is 0 Å². The van der Waals surface area contributed by atoms with Crippen LogP contribution in [0.4, 0.5) is 0 Å². The molecule has 0 aromatic heterocycles. The lowest BCUT2D eigenvalue weighted by atomic mass is 10.0. The summed E-state index contributed by atoms with van der Waals surface area (Å²) < 4.78 is 17.1. The Labute approximate surface area is 306 Å². The van der Waals surface area contributed by atoms with Crippen LogP contribution in [0.1, 0.15) is 162 Å². The predicted molar refractivity (Wildman–Crippen MR) is 203 cm³/mol. The van der Waals surface area contributed by atoms with E-state index in [-0.39, 0.29) is 42.7 Å². The Morgan fingerprint density at radius 3 is 1.64 bits per heavy atom. The molecule has 8 heteroatoms. The van der Waals surface area contributed by atoms with E-state index in [1.54, 1.807) is 21.1 Å². The van der Waals surface area contributed by atoms with Gasteiger partial charge < -0.3 is 28.6 Å². The third-order valence-electron chi connectivity index (χ3n) is 8.85. The van der Waals surface area contributed by atoms with Crippen molar-refractivity contribution >= 4 is 17.9 Å². The second kappa shape index (κ2) is 33.7. The molecule has 0 rings (SSSR count). The first-order valence-electron chi connectivity index (χ1n) is 20.0. The summed E-state index contributed by atoms with van der Waals surface area (Å²) in [5.74, 6) is -1.76. The topological polar surface area (TPSA) is 102 Å². The molecule has 0 heterocycles. The van der Waals surface area contributed by atoms with Gasteiger partial charge in [0, 0.05) is 19.3 Å². The smallest absolute Gasteiger partial charge is 0.306 e. The summed E-state index contributed by atoms with van der Waals surface area (Å²) in [5, 5.41) is 11.6. The number of nitrogens with zero attached hydrogens (tertiary/aromatic N) is 1. The fourth-order valence-electron chi connectivity index (χ4n) is 5.72. The monoisotopic (exact) mass is 706 g/mol. The van der Waals surface area contributed by atoms with E-state index in [2.05, 4.69) is 44.2 Å². The van der Waals surface area contributed by atoms with Crippen molar-refractivity contribution in [2.75, 3.05) is 41.0 Å². The van der Waals surface area contributed by atoms with Crippen molar-refractivity contribution in [3.05, 3.63) is 36.5 Å². The second-order valence-corrected chi connectivity index (χ2v) is 14.6. The number of carbonyl (C=O) groups excluding carboxylic acids is 3. The van der Waals surface area contributed by atoms with Gasteiger partial charge in [-0.05, 0) is 32.1 Å². The van der Waals surface area contributed by atoms with Crippen LogP contribution in [-0.4, -0.2) is 75.5 Å². The van der Waals surface area contributed by atoms with Crippen molar-refractivity contribution in [2.45, 2.75) is 174 Å². The van der Waals surface area contributed by atoms with Crippen molar-refractivity contribution in [1.82, 2.24) is 0 Å². The summed E-state index contributed by atoms with van der Waals surface area (Å²) in [6.07, 6.45) is 35.9. The van der Waals surface area contributed by atoms with Gasteiger partial charge in [0.2, 0.25) is 0 Å². The van der Waals surface area contributed by atoms with Crippen LogP contribution in [0.5, 0.6) is 0 Å². The fourth-order valence-corrected chi connectivity index (χ4v) is 5.72. The fraction of sp³-hybridized carbons (Fsp3) is 0.786. The summed E-state index contributed by atoms with van der Waals surface area (Å²) in [6.45, 7) is 4.50. The van der Waals surface area contributed by atoms with E-state index in [1.165, 1.54) is 64.2 Å². The molecule has 0 saturated carbocycles. The lowest BCUT2D eigenvalue weighted by molar-refractivity contribution is -0.889. The van der Waals surface area contributed by atoms with Crippen LogP contribution in [0.15, 0.2) is 36.5 Å².